The molecule has 0 saturated heterocycles. The number of aryl methyl sites for hydroxylation is 1. The van der Waals surface area contributed by atoms with Crippen LogP contribution in [0.4, 0.5) is 5.69 Å². The molecule has 202 valence electrons. The Morgan fingerprint density at radius 1 is 1.21 bits per heavy atom. The Labute approximate surface area is 235 Å². The largest absolute Gasteiger partial charge is 0.477 e. The Bertz CT molecular complexity index is 1440. The van der Waals surface area contributed by atoms with Crippen molar-refractivity contribution in [1.29, 1.82) is 0 Å². The molecule has 1 aliphatic rings. The van der Waals surface area contributed by atoms with Crippen molar-refractivity contribution in [3.8, 4) is 0 Å². The molecule has 3 aromatic rings. The van der Waals surface area contributed by atoms with Gasteiger partial charge in [-0.25, -0.2) is 9.78 Å². The molecule has 1 aliphatic carbocycles. The minimum Gasteiger partial charge on any atom is -0.477 e. The van der Waals surface area contributed by atoms with Crippen molar-refractivity contribution in [1.82, 2.24) is 9.55 Å². The number of nitrogens with zero attached hydrogens (tertiary/aromatic N) is 4. The summed E-state index contributed by atoms with van der Waals surface area (Å²) >= 11 is 9.68. The number of benzene rings is 1. The first kappa shape index (κ1) is 28.1. The fraction of sp³-hybridized carbons (Fsp3) is 0.429. The highest BCUT2D eigenvalue weighted by atomic mass is 79.9. The molecule has 8 nitrogen and oxygen atoms in total. The van der Waals surface area contributed by atoms with Crippen LogP contribution in [0.3, 0.4) is 0 Å². The van der Waals surface area contributed by atoms with Crippen molar-refractivity contribution in [2.45, 2.75) is 58.1 Å². The first-order valence-corrected chi connectivity index (χ1v) is 13.7. The van der Waals surface area contributed by atoms with Gasteiger partial charge in [-0.1, -0.05) is 47.1 Å². The van der Waals surface area contributed by atoms with E-state index in [-0.39, 0.29) is 22.7 Å². The lowest BCUT2D eigenvalue weighted by atomic mass is 9.80. The number of carbonyl (C=O) groups is 1. The van der Waals surface area contributed by atoms with Gasteiger partial charge in [0.25, 0.3) is 5.56 Å². The molecular weight excluding hydrogens is 572 g/mol. The van der Waals surface area contributed by atoms with Gasteiger partial charge in [-0.2, -0.15) is 0 Å². The summed E-state index contributed by atoms with van der Waals surface area (Å²) in [6.07, 6.45) is 3.23. The highest BCUT2D eigenvalue weighted by Crippen LogP contribution is 2.37. The number of aromatic nitrogens is 2. The zero-order valence-corrected chi connectivity index (χ0v) is 24.5. The zero-order chi connectivity index (χ0) is 27.8. The number of carboxylic acids is 1. The molecule has 0 amide bonds. The summed E-state index contributed by atoms with van der Waals surface area (Å²) in [4.78, 5) is 37.6. The third kappa shape index (κ3) is 5.73. The van der Waals surface area contributed by atoms with E-state index in [0.29, 0.717) is 21.2 Å². The molecule has 1 fully saturated rings. The summed E-state index contributed by atoms with van der Waals surface area (Å²) in [7, 11) is 3.37. The maximum absolute atomic E-state index is 13.1. The Kier molecular flexibility index (Phi) is 8.18. The van der Waals surface area contributed by atoms with Gasteiger partial charge in [0, 0.05) is 26.1 Å². The summed E-state index contributed by atoms with van der Waals surface area (Å²) in [6.45, 7) is 5.91. The molecule has 10 heteroatoms. The van der Waals surface area contributed by atoms with Gasteiger partial charge in [0.05, 0.1) is 21.4 Å². The summed E-state index contributed by atoms with van der Waals surface area (Å²) in [5, 5.41) is 14.8. The normalized spacial score (nSPS) is 18.4. The Morgan fingerprint density at radius 3 is 2.42 bits per heavy atom. The average Bonchev–Trinajstić information content (AvgIpc) is 2.87. The molecule has 1 aromatic carbocycles. The standard InChI is InChI=1S/C28H32BrClN4O4/c1-28(2,3)38-32-22(16-9-7-6-8-10-16)17-11-13-18(14-12-17)33(4)24-21(27(36)37)26(35)34(5)20-15-19(29)25(30)31-23(20)24/h6-10,15,17-18H,11-14H2,1-5H3,(H,36,37)/b32-22+. The number of hydrogen-bond acceptors (Lipinski definition) is 6. The van der Waals surface area contributed by atoms with Gasteiger partial charge >= 0.3 is 5.97 Å². The van der Waals surface area contributed by atoms with E-state index in [0.717, 1.165) is 37.0 Å². The van der Waals surface area contributed by atoms with Gasteiger partial charge in [0.2, 0.25) is 0 Å². The second-order valence-corrected chi connectivity index (χ2v) is 11.9. The monoisotopic (exact) mass is 602 g/mol. The molecule has 0 radical (unpaired) electrons. The van der Waals surface area contributed by atoms with Crippen molar-refractivity contribution < 1.29 is 14.7 Å². The van der Waals surface area contributed by atoms with E-state index in [1.165, 1.54) is 11.6 Å². The van der Waals surface area contributed by atoms with Crippen LogP contribution in [-0.2, 0) is 11.9 Å². The maximum atomic E-state index is 13.1. The molecule has 0 atom stereocenters. The number of carboxylic acid groups (broad SMARTS) is 1. The van der Waals surface area contributed by atoms with Gasteiger partial charge in [0.1, 0.15) is 16.3 Å². The molecule has 1 N–H and O–H groups in total. The van der Waals surface area contributed by atoms with E-state index in [1.807, 2.05) is 63.1 Å². The number of hydrogen-bond donors (Lipinski definition) is 1. The summed E-state index contributed by atoms with van der Waals surface area (Å²) in [6, 6.07) is 11.8. The van der Waals surface area contributed by atoms with Crippen LogP contribution >= 0.6 is 27.5 Å². The van der Waals surface area contributed by atoms with Crippen LogP contribution in [0, 0.1) is 5.92 Å². The fourth-order valence-corrected chi connectivity index (χ4v) is 5.44. The van der Waals surface area contributed by atoms with Crippen LogP contribution < -0.4 is 10.5 Å². The second kappa shape index (κ2) is 11.1. The number of rotatable bonds is 6. The zero-order valence-electron chi connectivity index (χ0n) is 22.2. The van der Waals surface area contributed by atoms with Gasteiger partial charge in [0.15, 0.2) is 5.56 Å². The third-order valence-electron chi connectivity index (χ3n) is 6.94. The van der Waals surface area contributed by atoms with Crippen LogP contribution in [0.25, 0.3) is 11.0 Å². The Morgan fingerprint density at radius 2 is 1.84 bits per heavy atom. The van der Waals surface area contributed by atoms with Crippen LogP contribution in [0.15, 0.2) is 50.8 Å². The smallest absolute Gasteiger partial charge is 0.343 e. The molecule has 0 unspecified atom stereocenters. The highest BCUT2D eigenvalue weighted by Gasteiger charge is 2.33. The lowest BCUT2D eigenvalue weighted by Crippen LogP contribution is -2.39. The molecule has 2 aromatic heterocycles. The van der Waals surface area contributed by atoms with E-state index in [4.69, 9.17) is 16.4 Å². The maximum Gasteiger partial charge on any atom is 0.343 e. The number of oxime groups is 1. The molecule has 4 rings (SSSR count). The highest BCUT2D eigenvalue weighted by molar-refractivity contribution is 9.10. The van der Waals surface area contributed by atoms with Gasteiger partial charge in [-0.3, -0.25) is 4.79 Å². The van der Waals surface area contributed by atoms with Crippen LogP contribution in [0.5, 0.6) is 0 Å². The quantitative estimate of drug-likeness (QED) is 0.203. The van der Waals surface area contributed by atoms with Crippen molar-refractivity contribution in [3.63, 3.8) is 0 Å². The number of anilines is 1. The predicted molar refractivity (Wildman–Crippen MR) is 155 cm³/mol. The number of aromatic carboxylic acids is 1. The molecule has 0 bridgehead atoms. The summed E-state index contributed by atoms with van der Waals surface area (Å²) < 4.78 is 1.84. The first-order chi connectivity index (χ1) is 17.9. The number of halogens is 2. The van der Waals surface area contributed by atoms with E-state index in [9.17, 15) is 14.7 Å². The van der Waals surface area contributed by atoms with E-state index in [1.54, 1.807) is 6.07 Å². The summed E-state index contributed by atoms with van der Waals surface area (Å²) in [5.41, 5.74) is 1.83. The SMILES string of the molecule is CN(c1c(C(=O)O)c(=O)n(C)c2cc(Br)c(Cl)nc12)C1CCC(/C(=N/OC(C)(C)C)c2ccccc2)CC1. The van der Waals surface area contributed by atoms with Crippen molar-refractivity contribution >= 4 is 55.9 Å². The molecular formula is C28H32BrClN4O4. The van der Waals surface area contributed by atoms with Gasteiger partial charge < -0.3 is 19.4 Å². The van der Waals surface area contributed by atoms with Crippen molar-refractivity contribution in [2.75, 3.05) is 11.9 Å². The molecule has 38 heavy (non-hydrogen) atoms. The predicted octanol–water partition coefficient (Wildman–Crippen LogP) is 6.26. The lowest BCUT2D eigenvalue weighted by Gasteiger charge is -2.37. The Hall–Kier alpha value is -2.91. The van der Waals surface area contributed by atoms with Crippen molar-refractivity contribution in [2.24, 2.45) is 18.1 Å². The molecule has 0 spiro atoms. The molecule has 0 aliphatic heterocycles. The lowest BCUT2D eigenvalue weighted by molar-refractivity contribution is -0.0000345. The van der Waals surface area contributed by atoms with Crippen LogP contribution in [-0.4, -0.2) is 45.0 Å². The fourth-order valence-electron chi connectivity index (χ4n) is 5.00. The summed E-state index contributed by atoms with van der Waals surface area (Å²) in [5.74, 6) is -1.10. The van der Waals surface area contributed by atoms with E-state index >= 15 is 0 Å². The Balaban J connectivity index is 1.68. The van der Waals surface area contributed by atoms with Gasteiger partial charge in [-0.15, -0.1) is 0 Å². The average molecular weight is 604 g/mol. The molecule has 2 heterocycles. The molecule has 1 saturated carbocycles. The number of pyridine rings is 2. The van der Waals surface area contributed by atoms with Crippen molar-refractivity contribution in [3.05, 3.63) is 67.5 Å². The third-order valence-corrected chi connectivity index (χ3v) is 8.06. The topological polar surface area (TPSA) is 97.0 Å². The van der Waals surface area contributed by atoms with Crippen LogP contribution in [0.2, 0.25) is 5.15 Å². The first-order valence-electron chi connectivity index (χ1n) is 12.6. The van der Waals surface area contributed by atoms with E-state index < -0.39 is 17.1 Å². The number of fused-ring (bicyclic) bond motifs is 1. The van der Waals surface area contributed by atoms with E-state index in [2.05, 4.69) is 26.1 Å². The minimum atomic E-state index is -1.29. The van der Waals surface area contributed by atoms with Crippen LogP contribution in [0.1, 0.15) is 62.4 Å². The second-order valence-electron chi connectivity index (χ2n) is 10.7. The minimum absolute atomic E-state index is 0.00411. The van der Waals surface area contributed by atoms with Gasteiger partial charge in [-0.05, 0) is 74.0 Å².